The van der Waals surface area contributed by atoms with E-state index in [0.717, 1.165) is 6.07 Å². The van der Waals surface area contributed by atoms with Crippen molar-refractivity contribution in [1.29, 1.82) is 0 Å². The van der Waals surface area contributed by atoms with Crippen molar-refractivity contribution in [3.05, 3.63) is 86.6 Å². The number of rotatable bonds is 8. The molecular formula is C33H30FN3O9. The molecule has 238 valence electrons. The van der Waals surface area contributed by atoms with Gasteiger partial charge in [0.2, 0.25) is 16.6 Å². The molecule has 5 aromatic rings. The first-order chi connectivity index (χ1) is 22.0. The molecule has 0 radical (unpaired) electrons. The van der Waals surface area contributed by atoms with Crippen molar-refractivity contribution in [1.82, 2.24) is 9.47 Å². The molecule has 0 spiro atoms. The summed E-state index contributed by atoms with van der Waals surface area (Å²) in [6, 6.07) is 11.1. The van der Waals surface area contributed by atoms with Gasteiger partial charge in [-0.05, 0) is 49.4 Å². The van der Waals surface area contributed by atoms with Crippen LogP contribution in [0.5, 0.6) is 23.0 Å². The summed E-state index contributed by atoms with van der Waals surface area (Å²) in [5, 5.41) is 39.4. The molecule has 0 aliphatic carbocycles. The van der Waals surface area contributed by atoms with Crippen LogP contribution in [0.2, 0.25) is 0 Å². The van der Waals surface area contributed by atoms with Crippen molar-refractivity contribution in [2.24, 2.45) is 0 Å². The van der Waals surface area contributed by atoms with Crippen molar-refractivity contribution >= 4 is 33.5 Å². The molecule has 1 aliphatic heterocycles. The molecule has 12 nitrogen and oxygen atoms in total. The number of anilines is 1. The Morgan fingerprint density at radius 1 is 0.935 bits per heavy atom. The summed E-state index contributed by atoms with van der Waals surface area (Å²) in [6.07, 6.45) is 1.29. The summed E-state index contributed by atoms with van der Waals surface area (Å²) in [4.78, 5) is 41.0. The topological polar surface area (TPSA) is 166 Å². The van der Waals surface area contributed by atoms with Gasteiger partial charge in [-0.1, -0.05) is 0 Å². The molecule has 1 saturated heterocycles. The highest BCUT2D eigenvalue weighted by Crippen LogP contribution is 2.36. The van der Waals surface area contributed by atoms with E-state index >= 15 is 4.39 Å². The number of aromatic hydroxyl groups is 3. The third-order valence-corrected chi connectivity index (χ3v) is 8.19. The first kappa shape index (κ1) is 30.5. The summed E-state index contributed by atoms with van der Waals surface area (Å²) < 4.78 is 28.6. The van der Waals surface area contributed by atoms with E-state index in [1.807, 2.05) is 11.8 Å². The van der Waals surface area contributed by atoms with E-state index in [4.69, 9.17) is 9.15 Å². The third-order valence-electron chi connectivity index (χ3n) is 8.19. The zero-order chi connectivity index (χ0) is 32.7. The van der Waals surface area contributed by atoms with E-state index in [1.165, 1.54) is 36.5 Å². The van der Waals surface area contributed by atoms with Gasteiger partial charge in [0.1, 0.15) is 29.3 Å². The second-order valence-corrected chi connectivity index (χ2v) is 10.9. The number of halogens is 1. The van der Waals surface area contributed by atoms with Crippen LogP contribution in [0.1, 0.15) is 17.3 Å². The number of aromatic carboxylic acids is 1. The maximum Gasteiger partial charge on any atom is 0.341 e. The average molecular weight is 632 g/mol. The van der Waals surface area contributed by atoms with Gasteiger partial charge in [-0.2, -0.15) is 0 Å². The fourth-order valence-corrected chi connectivity index (χ4v) is 5.67. The van der Waals surface area contributed by atoms with Crippen LogP contribution in [0, 0.1) is 5.82 Å². The fourth-order valence-electron chi connectivity index (χ4n) is 5.67. The Morgan fingerprint density at radius 3 is 2.39 bits per heavy atom. The van der Waals surface area contributed by atoms with Gasteiger partial charge in [-0.25, -0.2) is 9.18 Å². The van der Waals surface area contributed by atoms with Crippen molar-refractivity contribution in [2.45, 2.75) is 13.5 Å². The summed E-state index contributed by atoms with van der Waals surface area (Å²) >= 11 is 0. The monoisotopic (exact) mass is 631 g/mol. The quantitative estimate of drug-likeness (QED) is 0.183. The number of piperazine rings is 1. The SMILES string of the molecule is CCn1cc(C(=O)O)c(=O)c2cc(F)c(N3CCN(CCOc4ccc5c(=O)c(O)c(-c6ccc(O)c(O)c6)oc5c4)CC3)cc21. The molecule has 1 fully saturated rings. The lowest BCUT2D eigenvalue weighted by atomic mass is 10.1. The minimum Gasteiger partial charge on any atom is -0.504 e. The lowest BCUT2D eigenvalue weighted by molar-refractivity contribution is 0.0694. The van der Waals surface area contributed by atoms with Crippen LogP contribution in [0.25, 0.3) is 33.2 Å². The summed E-state index contributed by atoms with van der Waals surface area (Å²) in [6.45, 7) is 5.38. The smallest absolute Gasteiger partial charge is 0.341 e. The third kappa shape index (κ3) is 5.56. The number of aromatic nitrogens is 1. The number of phenolic OH excluding ortho intramolecular Hbond substituents is 2. The van der Waals surface area contributed by atoms with Crippen LogP contribution in [-0.2, 0) is 6.54 Å². The van der Waals surface area contributed by atoms with Crippen molar-refractivity contribution in [3.63, 3.8) is 0 Å². The molecule has 0 saturated carbocycles. The van der Waals surface area contributed by atoms with E-state index in [2.05, 4.69) is 4.90 Å². The molecule has 13 heteroatoms. The minimum atomic E-state index is -1.35. The first-order valence-electron chi connectivity index (χ1n) is 14.6. The summed E-state index contributed by atoms with van der Waals surface area (Å²) in [5.74, 6) is -3.08. The van der Waals surface area contributed by atoms with Gasteiger partial charge in [0.05, 0.1) is 16.6 Å². The van der Waals surface area contributed by atoms with Crippen molar-refractivity contribution in [3.8, 4) is 34.3 Å². The molecule has 46 heavy (non-hydrogen) atoms. The second-order valence-electron chi connectivity index (χ2n) is 10.9. The Kier molecular flexibility index (Phi) is 8.00. The molecule has 6 rings (SSSR count). The van der Waals surface area contributed by atoms with E-state index in [1.54, 1.807) is 16.7 Å². The lowest BCUT2D eigenvalue weighted by Gasteiger charge is -2.36. The molecule has 4 N–H and O–H groups in total. The lowest BCUT2D eigenvalue weighted by Crippen LogP contribution is -2.47. The van der Waals surface area contributed by atoms with Gasteiger partial charge < -0.3 is 39.0 Å². The number of phenols is 2. The molecular weight excluding hydrogens is 601 g/mol. The number of hydrogen-bond acceptors (Lipinski definition) is 10. The van der Waals surface area contributed by atoms with E-state index in [9.17, 15) is 34.8 Å². The zero-order valence-corrected chi connectivity index (χ0v) is 24.7. The predicted molar refractivity (Wildman–Crippen MR) is 168 cm³/mol. The molecule has 3 heterocycles. The number of nitrogens with zero attached hydrogens (tertiary/aromatic N) is 3. The number of pyridine rings is 1. The zero-order valence-electron chi connectivity index (χ0n) is 24.7. The molecule has 0 unspecified atom stereocenters. The molecule has 3 aromatic carbocycles. The largest absolute Gasteiger partial charge is 0.504 e. The van der Waals surface area contributed by atoms with Crippen LogP contribution in [-0.4, -0.2) is 75.2 Å². The van der Waals surface area contributed by atoms with Gasteiger partial charge in [0, 0.05) is 62.5 Å². The maximum atomic E-state index is 15.2. The van der Waals surface area contributed by atoms with Gasteiger partial charge in [0.25, 0.3) is 0 Å². The summed E-state index contributed by atoms with van der Waals surface area (Å²) in [7, 11) is 0. The van der Waals surface area contributed by atoms with Crippen LogP contribution in [0.15, 0.2) is 68.7 Å². The Balaban J connectivity index is 1.12. The number of carboxylic acid groups (broad SMARTS) is 1. The predicted octanol–water partition coefficient (Wildman–Crippen LogP) is 3.95. The van der Waals surface area contributed by atoms with Crippen LogP contribution < -0.4 is 20.5 Å². The van der Waals surface area contributed by atoms with Crippen LogP contribution in [0.3, 0.4) is 0 Å². The Labute approximate surface area is 260 Å². The number of ether oxygens (including phenoxy) is 1. The normalized spacial score (nSPS) is 13.8. The Bertz CT molecular complexity index is 2120. The highest BCUT2D eigenvalue weighted by molar-refractivity contribution is 5.93. The van der Waals surface area contributed by atoms with Gasteiger partial charge >= 0.3 is 5.97 Å². The number of benzene rings is 3. The van der Waals surface area contributed by atoms with Crippen molar-refractivity contribution < 1.29 is 38.8 Å². The fraction of sp³-hybridized carbons (Fsp3) is 0.242. The van der Waals surface area contributed by atoms with Crippen molar-refractivity contribution in [2.75, 3.05) is 44.2 Å². The maximum absolute atomic E-state index is 15.2. The molecule has 0 amide bonds. The minimum absolute atomic E-state index is 0.0272. The first-order valence-corrected chi connectivity index (χ1v) is 14.6. The van der Waals surface area contributed by atoms with Crippen LogP contribution >= 0.6 is 0 Å². The number of carbonyl (C=O) groups is 1. The second kappa shape index (κ2) is 12.1. The molecule has 1 aliphatic rings. The standard InChI is InChI=1S/C33H30FN3O9/c1-2-36-17-22(33(43)44)29(40)21-15-23(34)25(16-24(21)36)37-9-7-35(8-10-37)11-12-45-19-4-5-20-28(14-19)46-32(31(42)30(20)41)18-3-6-26(38)27(39)13-18/h3-6,13-17,38-39,42H,2,7-12H2,1H3,(H,43,44). The van der Waals surface area contributed by atoms with E-state index in [-0.39, 0.29) is 33.4 Å². The average Bonchev–Trinajstić information content (AvgIpc) is 3.04. The highest BCUT2D eigenvalue weighted by Gasteiger charge is 2.23. The molecule has 0 atom stereocenters. The number of carboxylic acids is 1. The van der Waals surface area contributed by atoms with E-state index < -0.39 is 39.7 Å². The van der Waals surface area contributed by atoms with E-state index in [0.29, 0.717) is 62.8 Å². The Morgan fingerprint density at radius 2 is 1.70 bits per heavy atom. The summed E-state index contributed by atoms with van der Waals surface area (Å²) in [5.41, 5.74) is -0.580. The van der Waals surface area contributed by atoms with Gasteiger partial charge in [0.15, 0.2) is 17.3 Å². The molecule has 0 bridgehead atoms. The molecule has 2 aromatic heterocycles. The number of aryl methyl sites for hydroxylation is 1. The number of hydrogen-bond donors (Lipinski definition) is 4. The van der Waals surface area contributed by atoms with Gasteiger partial charge in [-0.15, -0.1) is 0 Å². The Hall–Kier alpha value is -5.56. The van der Waals surface area contributed by atoms with Gasteiger partial charge in [-0.3, -0.25) is 14.5 Å². The number of fused-ring (bicyclic) bond motifs is 2. The van der Waals surface area contributed by atoms with Crippen LogP contribution in [0.4, 0.5) is 10.1 Å². The highest BCUT2D eigenvalue weighted by atomic mass is 19.1.